The number of aromatic nitrogens is 1. The number of thiazole rings is 1. The Morgan fingerprint density at radius 1 is 1.10 bits per heavy atom. The van der Waals surface area contributed by atoms with Gasteiger partial charge >= 0.3 is 6.03 Å². The number of likely N-dealkylation sites (tertiary alicyclic amines) is 1. The van der Waals surface area contributed by atoms with Crippen LogP contribution in [0, 0.1) is 5.92 Å². The molecule has 0 unspecified atom stereocenters. The first-order valence-electron chi connectivity index (χ1n) is 14.6. The van der Waals surface area contributed by atoms with Crippen LogP contribution in [0.15, 0.2) is 30.4 Å². The lowest BCUT2D eigenvalue weighted by Crippen LogP contribution is -2.56. The topological polar surface area (TPSA) is 115 Å². The van der Waals surface area contributed by atoms with Crippen molar-refractivity contribution < 1.29 is 14.4 Å². The molecule has 2 atom stereocenters. The van der Waals surface area contributed by atoms with Crippen LogP contribution in [-0.4, -0.2) is 73.0 Å². The van der Waals surface area contributed by atoms with Crippen molar-refractivity contribution in [2.45, 2.75) is 76.8 Å². The molecule has 4 rings (SSSR count). The zero-order valence-corrected chi connectivity index (χ0v) is 24.9. The molecule has 4 N–H and O–H groups in total. The van der Waals surface area contributed by atoms with E-state index < -0.39 is 12.1 Å². The molecule has 0 bridgehead atoms. The fraction of sp³-hybridized carbons (Fsp3) is 0.600. The number of nitrogens with zero attached hydrogens (tertiary/aromatic N) is 2. The molecule has 1 aliphatic heterocycles. The van der Waals surface area contributed by atoms with Crippen molar-refractivity contribution >= 4 is 39.4 Å². The third-order valence-electron chi connectivity index (χ3n) is 8.06. The van der Waals surface area contributed by atoms with E-state index in [1.165, 1.54) is 12.6 Å². The summed E-state index contributed by atoms with van der Waals surface area (Å²) in [4.78, 5) is 45.7. The van der Waals surface area contributed by atoms with Gasteiger partial charge in [0.2, 0.25) is 11.8 Å². The summed E-state index contributed by atoms with van der Waals surface area (Å²) in [7, 11) is 1.53. The highest BCUT2D eigenvalue weighted by atomic mass is 32.1. The van der Waals surface area contributed by atoms with Gasteiger partial charge in [-0.1, -0.05) is 39.3 Å². The summed E-state index contributed by atoms with van der Waals surface area (Å²) in [6.07, 6.45) is 6.81. The molecule has 218 valence electrons. The van der Waals surface area contributed by atoms with E-state index in [9.17, 15) is 14.4 Å². The van der Waals surface area contributed by atoms with Crippen LogP contribution >= 0.6 is 11.3 Å². The van der Waals surface area contributed by atoms with Gasteiger partial charge < -0.3 is 21.3 Å². The maximum Gasteiger partial charge on any atom is 0.315 e. The molecule has 2 heterocycles. The van der Waals surface area contributed by atoms with Crippen LogP contribution in [0.5, 0.6) is 0 Å². The van der Waals surface area contributed by atoms with Gasteiger partial charge in [0.05, 0.1) is 15.2 Å². The van der Waals surface area contributed by atoms with E-state index in [1.54, 1.807) is 11.3 Å². The summed E-state index contributed by atoms with van der Waals surface area (Å²) in [6.45, 7) is 11.2. The smallest absolute Gasteiger partial charge is 0.315 e. The Morgan fingerprint density at radius 3 is 2.50 bits per heavy atom. The molecule has 1 saturated heterocycles. The molecule has 40 heavy (non-hydrogen) atoms. The van der Waals surface area contributed by atoms with Gasteiger partial charge in [-0.25, -0.2) is 9.78 Å². The Labute approximate surface area is 241 Å². The fourth-order valence-corrected chi connectivity index (χ4v) is 6.70. The summed E-state index contributed by atoms with van der Waals surface area (Å²) < 4.78 is 1.07. The van der Waals surface area contributed by atoms with E-state index >= 15 is 0 Å². The normalized spacial score (nSPS) is 17.6. The Hall–Kier alpha value is -2.98. The molecule has 1 aromatic carbocycles. The quantitative estimate of drug-likeness (QED) is 0.292. The molecule has 0 spiro atoms. The number of urea groups is 1. The molecule has 2 aliphatic rings. The van der Waals surface area contributed by atoms with Crippen molar-refractivity contribution in [3.05, 3.63) is 40.9 Å². The second kappa shape index (κ2) is 14.1. The first kappa shape index (κ1) is 30.0. The number of hydrogen-bond acceptors (Lipinski definition) is 6. The maximum atomic E-state index is 13.6. The van der Waals surface area contributed by atoms with E-state index in [2.05, 4.69) is 58.7 Å². The Kier molecular flexibility index (Phi) is 10.6. The highest BCUT2D eigenvalue weighted by Gasteiger charge is 2.31. The third-order valence-corrected chi connectivity index (χ3v) is 9.10. The van der Waals surface area contributed by atoms with Crippen molar-refractivity contribution in [2.75, 3.05) is 33.2 Å². The number of carbonyl (C=O) groups excluding carboxylic acids is 3. The lowest BCUT2D eigenvalue weighted by molar-refractivity contribution is -0.124. The molecule has 9 nitrogen and oxygen atoms in total. The van der Waals surface area contributed by atoms with E-state index in [0.29, 0.717) is 24.6 Å². The predicted molar refractivity (Wildman–Crippen MR) is 161 cm³/mol. The average Bonchev–Trinajstić information content (AvgIpc) is 3.72. The first-order valence-corrected chi connectivity index (χ1v) is 15.4. The SMILES string of the molecule is C=C(CN1CCCC1)C(=O)NC[C@@H](NC(=O)[C@H](Cc1nc2ccc(C(C)C)cc2s1)NC(=O)NC)C1CCCC1. The van der Waals surface area contributed by atoms with Gasteiger partial charge in [-0.3, -0.25) is 14.5 Å². The second-order valence-electron chi connectivity index (χ2n) is 11.4. The number of carbonyl (C=O) groups is 3. The molecular weight excluding hydrogens is 524 g/mol. The number of benzene rings is 1. The van der Waals surface area contributed by atoms with E-state index in [1.807, 2.05) is 6.07 Å². The molecule has 1 saturated carbocycles. The molecule has 1 aliphatic carbocycles. The lowest BCUT2D eigenvalue weighted by atomic mass is 9.97. The number of hydrogen-bond donors (Lipinski definition) is 4. The fourth-order valence-electron chi connectivity index (χ4n) is 5.64. The molecular formula is C30H44N6O3S. The molecule has 0 radical (unpaired) electrons. The van der Waals surface area contributed by atoms with Crippen LogP contribution in [0.4, 0.5) is 4.79 Å². The molecule has 1 aromatic heterocycles. The van der Waals surface area contributed by atoms with Crippen molar-refractivity contribution in [1.29, 1.82) is 0 Å². The van der Waals surface area contributed by atoms with Crippen LogP contribution in [0.3, 0.4) is 0 Å². The number of nitrogens with one attached hydrogen (secondary N) is 4. The summed E-state index contributed by atoms with van der Waals surface area (Å²) in [5.41, 5.74) is 2.68. The van der Waals surface area contributed by atoms with Gasteiger partial charge in [0.15, 0.2) is 0 Å². The van der Waals surface area contributed by atoms with Crippen LogP contribution in [0.25, 0.3) is 10.2 Å². The minimum absolute atomic E-state index is 0.167. The minimum atomic E-state index is -0.796. The van der Waals surface area contributed by atoms with Gasteiger partial charge in [-0.2, -0.15) is 0 Å². The van der Waals surface area contributed by atoms with Gasteiger partial charge in [0.1, 0.15) is 6.04 Å². The van der Waals surface area contributed by atoms with Crippen LogP contribution in [-0.2, 0) is 16.0 Å². The summed E-state index contributed by atoms with van der Waals surface area (Å²) in [5, 5.41) is 12.3. The van der Waals surface area contributed by atoms with E-state index in [4.69, 9.17) is 4.98 Å². The molecule has 4 amide bonds. The number of fused-ring (bicyclic) bond motifs is 1. The van der Waals surface area contributed by atoms with E-state index in [0.717, 1.165) is 66.8 Å². The number of amides is 4. The summed E-state index contributed by atoms with van der Waals surface area (Å²) in [6, 6.07) is 4.81. The minimum Gasteiger partial charge on any atom is -0.350 e. The van der Waals surface area contributed by atoms with Gasteiger partial charge in [-0.15, -0.1) is 11.3 Å². The Bertz CT molecular complexity index is 1200. The second-order valence-corrected chi connectivity index (χ2v) is 12.5. The third kappa shape index (κ3) is 8.04. The lowest BCUT2D eigenvalue weighted by Gasteiger charge is -2.28. The van der Waals surface area contributed by atoms with Crippen molar-refractivity contribution in [3.8, 4) is 0 Å². The van der Waals surface area contributed by atoms with Gasteiger partial charge in [0.25, 0.3) is 0 Å². The summed E-state index contributed by atoms with van der Waals surface area (Å²) in [5.74, 6) is 0.245. The standard InChI is InChI=1S/C30H44N6O3S/c1-19(2)22-11-12-23-26(15-22)40-27(33-23)16-24(35-30(39)31-4)29(38)34-25(21-9-5-6-10-21)17-32-28(37)20(3)18-36-13-7-8-14-36/h11-12,15,19,21,24-25H,3,5-10,13-14,16-18H2,1-2,4H3,(H,32,37)(H,34,38)(H2,31,35,39)/t24-,25+/m0/s1. The van der Waals surface area contributed by atoms with Crippen molar-refractivity contribution in [1.82, 2.24) is 31.2 Å². The zero-order chi connectivity index (χ0) is 28.6. The predicted octanol–water partition coefficient (Wildman–Crippen LogP) is 3.70. The Morgan fingerprint density at radius 2 is 1.82 bits per heavy atom. The molecule has 2 aromatic rings. The monoisotopic (exact) mass is 568 g/mol. The highest BCUT2D eigenvalue weighted by Crippen LogP contribution is 2.29. The number of rotatable bonds is 12. The van der Waals surface area contributed by atoms with Crippen molar-refractivity contribution in [3.63, 3.8) is 0 Å². The van der Waals surface area contributed by atoms with E-state index in [-0.39, 0.29) is 30.2 Å². The van der Waals surface area contributed by atoms with Crippen LogP contribution in [0.1, 0.15) is 68.9 Å². The van der Waals surface area contributed by atoms with Crippen LogP contribution in [0.2, 0.25) is 0 Å². The largest absolute Gasteiger partial charge is 0.350 e. The van der Waals surface area contributed by atoms with Gasteiger partial charge in [0, 0.05) is 38.2 Å². The average molecular weight is 569 g/mol. The maximum absolute atomic E-state index is 13.6. The molecule has 2 fully saturated rings. The highest BCUT2D eigenvalue weighted by molar-refractivity contribution is 7.18. The Balaban J connectivity index is 1.43. The van der Waals surface area contributed by atoms with Crippen LogP contribution < -0.4 is 21.3 Å². The molecule has 10 heteroatoms. The van der Waals surface area contributed by atoms with Gasteiger partial charge in [-0.05, 0) is 68.3 Å². The van der Waals surface area contributed by atoms with Crippen molar-refractivity contribution in [2.24, 2.45) is 5.92 Å². The summed E-state index contributed by atoms with van der Waals surface area (Å²) >= 11 is 1.55. The zero-order valence-electron chi connectivity index (χ0n) is 24.1. The first-order chi connectivity index (χ1) is 19.2.